The minimum atomic E-state index is 0.299. The van der Waals surface area contributed by atoms with E-state index in [4.69, 9.17) is 9.47 Å². The molecule has 0 saturated carbocycles. The lowest BCUT2D eigenvalue weighted by Crippen LogP contribution is -1.96. The summed E-state index contributed by atoms with van der Waals surface area (Å²) in [6.45, 7) is 0.299. The molecule has 3 nitrogen and oxygen atoms in total. The van der Waals surface area contributed by atoms with Gasteiger partial charge in [0.25, 0.3) is 0 Å². The van der Waals surface area contributed by atoms with Crippen LogP contribution in [0, 0.1) is 0 Å². The number of ether oxygens (including phenoxy) is 2. The molecule has 0 N–H and O–H groups in total. The molecular weight excluding hydrogens is 250 g/mol. The third-order valence-corrected chi connectivity index (χ3v) is 4.07. The molecule has 2 aliphatic heterocycles. The highest BCUT2D eigenvalue weighted by molar-refractivity contribution is 6.18. The number of benzene rings is 3. The van der Waals surface area contributed by atoms with Crippen molar-refractivity contribution in [3.05, 3.63) is 42.0 Å². The lowest BCUT2D eigenvalue weighted by Gasteiger charge is -2.16. The molecule has 0 aliphatic carbocycles. The smallest absolute Gasteiger partial charge is 0.231 e. The summed E-state index contributed by atoms with van der Waals surface area (Å²) < 4.78 is 11.3. The zero-order valence-corrected chi connectivity index (χ0v) is 10.7. The highest BCUT2D eigenvalue weighted by atomic mass is 16.7. The SMILES string of the molecule is C1=Nc2cc3ccccc3c3c4c(cc(c23)C1)OCO4. The molecule has 3 heteroatoms. The fraction of sp³-hybridized carbons (Fsp3) is 0.118. The van der Waals surface area contributed by atoms with Gasteiger partial charge < -0.3 is 9.47 Å². The first-order valence-electron chi connectivity index (χ1n) is 6.71. The molecule has 0 spiro atoms. The minimum Gasteiger partial charge on any atom is -0.454 e. The van der Waals surface area contributed by atoms with Crippen LogP contribution in [-0.4, -0.2) is 13.0 Å². The first-order valence-corrected chi connectivity index (χ1v) is 6.71. The number of aliphatic imine (C=N–C) groups is 1. The van der Waals surface area contributed by atoms with Gasteiger partial charge in [0.1, 0.15) is 0 Å². The van der Waals surface area contributed by atoms with Gasteiger partial charge in [0.05, 0.1) is 5.69 Å². The largest absolute Gasteiger partial charge is 0.454 e. The Balaban J connectivity index is 2.12. The molecule has 0 unspecified atom stereocenters. The summed E-state index contributed by atoms with van der Waals surface area (Å²) in [6, 6.07) is 12.6. The lowest BCUT2D eigenvalue weighted by atomic mass is 9.93. The number of rotatable bonds is 0. The van der Waals surface area contributed by atoms with Gasteiger partial charge in [0.15, 0.2) is 11.5 Å². The van der Waals surface area contributed by atoms with Gasteiger partial charge in [-0.3, -0.25) is 4.99 Å². The van der Waals surface area contributed by atoms with E-state index in [2.05, 4.69) is 41.4 Å². The molecule has 3 aromatic rings. The Morgan fingerprint density at radius 2 is 1.95 bits per heavy atom. The average Bonchev–Trinajstić information content (AvgIpc) is 2.95. The number of hydrogen-bond donors (Lipinski definition) is 0. The van der Waals surface area contributed by atoms with E-state index in [0.717, 1.165) is 29.0 Å². The molecule has 20 heavy (non-hydrogen) atoms. The second-order valence-corrected chi connectivity index (χ2v) is 5.15. The van der Waals surface area contributed by atoms with E-state index in [0.29, 0.717) is 6.79 Å². The molecule has 3 aromatic carbocycles. The normalized spacial score (nSPS) is 15.2. The van der Waals surface area contributed by atoms with Crippen molar-refractivity contribution in [2.45, 2.75) is 6.42 Å². The van der Waals surface area contributed by atoms with E-state index >= 15 is 0 Å². The van der Waals surface area contributed by atoms with Gasteiger partial charge >= 0.3 is 0 Å². The van der Waals surface area contributed by atoms with Crippen molar-refractivity contribution < 1.29 is 9.47 Å². The molecule has 0 fully saturated rings. The van der Waals surface area contributed by atoms with Crippen molar-refractivity contribution in [1.82, 2.24) is 0 Å². The predicted molar refractivity (Wildman–Crippen MR) is 79.4 cm³/mol. The Bertz CT molecular complexity index is 912. The molecule has 96 valence electrons. The fourth-order valence-electron chi connectivity index (χ4n) is 3.22. The average molecular weight is 261 g/mol. The summed E-state index contributed by atoms with van der Waals surface area (Å²) in [6.07, 6.45) is 2.81. The molecule has 0 aromatic heterocycles. The van der Waals surface area contributed by atoms with Crippen LogP contribution in [-0.2, 0) is 6.42 Å². The lowest BCUT2D eigenvalue weighted by molar-refractivity contribution is 0.175. The quantitative estimate of drug-likeness (QED) is 0.573. The Morgan fingerprint density at radius 3 is 2.95 bits per heavy atom. The summed E-state index contributed by atoms with van der Waals surface area (Å²) >= 11 is 0. The molecule has 2 heterocycles. The Labute approximate surface area is 115 Å². The van der Waals surface area contributed by atoms with E-state index in [-0.39, 0.29) is 0 Å². The van der Waals surface area contributed by atoms with Gasteiger partial charge in [-0.2, -0.15) is 0 Å². The van der Waals surface area contributed by atoms with Crippen molar-refractivity contribution >= 4 is 33.4 Å². The number of hydrogen-bond acceptors (Lipinski definition) is 3. The van der Waals surface area contributed by atoms with Crippen LogP contribution in [0.25, 0.3) is 21.5 Å². The highest BCUT2D eigenvalue weighted by Gasteiger charge is 2.24. The number of nitrogens with zero attached hydrogens (tertiary/aromatic N) is 1. The zero-order chi connectivity index (χ0) is 13.1. The van der Waals surface area contributed by atoms with Crippen molar-refractivity contribution in [1.29, 1.82) is 0 Å². The molecule has 5 rings (SSSR count). The van der Waals surface area contributed by atoms with Crippen LogP contribution < -0.4 is 9.47 Å². The summed E-state index contributed by atoms with van der Waals surface area (Å²) in [5.41, 5.74) is 2.29. The first-order chi connectivity index (χ1) is 9.92. The molecule has 2 aliphatic rings. The molecule has 0 atom stereocenters. The Hall–Kier alpha value is -2.55. The summed E-state index contributed by atoms with van der Waals surface area (Å²) in [7, 11) is 0. The van der Waals surface area contributed by atoms with Crippen LogP contribution in [0.5, 0.6) is 11.5 Å². The van der Waals surface area contributed by atoms with Gasteiger partial charge in [0.2, 0.25) is 6.79 Å². The molecule has 0 bridgehead atoms. The van der Waals surface area contributed by atoms with Crippen LogP contribution in [0.15, 0.2) is 41.4 Å². The van der Waals surface area contributed by atoms with Gasteiger partial charge in [0, 0.05) is 23.4 Å². The standard InChI is InChI=1S/C17H11NO2/c1-2-4-12-10(3-1)7-13-15-11(5-6-18-13)8-14-17(16(12)15)20-9-19-14/h1-4,6-8H,5,9H2. The van der Waals surface area contributed by atoms with Gasteiger partial charge in [-0.05, 0) is 28.5 Å². The Morgan fingerprint density at radius 1 is 1.00 bits per heavy atom. The van der Waals surface area contributed by atoms with Gasteiger partial charge in [-0.1, -0.05) is 24.3 Å². The van der Waals surface area contributed by atoms with E-state index in [1.165, 1.54) is 21.7 Å². The summed E-state index contributed by atoms with van der Waals surface area (Å²) in [5, 5.41) is 4.73. The van der Waals surface area contributed by atoms with Crippen LogP contribution in [0.4, 0.5) is 5.69 Å². The molecular formula is C17H11NO2. The maximum atomic E-state index is 5.72. The highest BCUT2D eigenvalue weighted by Crippen LogP contribution is 2.48. The van der Waals surface area contributed by atoms with Crippen molar-refractivity contribution in [3.8, 4) is 11.5 Å². The van der Waals surface area contributed by atoms with E-state index in [1.807, 2.05) is 6.21 Å². The second-order valence-electron chi connectivity index (χ2n) is 5.15. The van der Waals surface area contributed by atoms with Crippen LogP contribution >= 0.6 is 0 Å². The zero-order valence-electron chi connectivity index (χ0n) is 10.7. The molecule has 0 radical (unpaired) electrons. The first kappa shape index (κ1) is 10.3. The van der Waals surface area contributed by atoms with Crippen LogP contribution in [0.1, 0.15) is 5.56 Å². The van der Waals surface area contributed by atoms with Crippen LogP contribution in [0.2, 0.25) is 0 Å². The van der Waals surface area contributed by atoms with E-state index in [9.17, 15) is 0 Å². The van der Waals surface area contributed by atoms with E-state index in [1.54, 1.807) is 0 Å². The monoisotopic (exact) mass is 261 g/mol. The fourth-order valence-corrected chi connectivity index (χ4v) is 3.22. The topological polar surface area (TPSA) is 30.8 Å². The third kappa shape index (κ3) is 1.17. The summed E-state index contributed by atoms with van der Waals surface area (Å²) in [5.74, 6) is 1.71. The maximum Gasteiger partial charge on any atom is 0.231 e. The molecule has 0 amide bonds. The third-order valence-electron chi connectivity index (χ3n) is 4.07. The number of fused-ring (bicyclic) bond motifs is 4. The molecule has 0 saturated heterocycles. The van der Waals surface area contributed by atoms with Gasteiger partial charge in [-0.15, -0.1) is 0 Å². The second kappa shape index (κ2) is 3.51. The minimum absolute atomic E-state index is 0.299. The predicted octanol–water partition coefficient (Wildman–Crippen LogP) is 3.98. The van der Waals surface area contributed by atoms with Crippen molar-refractivity contribution in [2.24, 2.45) is 4.99 Å². The van der Waals surface area contributed by atoms with Crippen molar-refractivity contribution in [3.63, 3.8) is 0 Å². The van der Waals surface area contributed by atoms with E-state index < -0.39 is 0 Å². The van der Waals surface area contributed by atoms with Gasteiger partial charge in [-0.25, -0.2) is 0 Å². The van der Waals surface area contributed by atoms with Crippen molar-refractivity contribution in [2.75, 3.05) is 6.79 Å². The maximum absolute atomic E-state index is 5.72. The van der Waals surface area contributed by atoms with Crippen LogP contribution in [0.3, 0.4) is 0 Å². The Kier molecular flexibility index (Phi) is 1.80. The summed E-state index contributed by atoms with van der Waals surface area (Å²) in [4.78, 5) is 4.57.